The zero-order valence-corrected chi connectivity index (χ0v) is 14.4. The highest BCUT2D eigenvalue weighted by molar-refractivity contribution is 6.30. The molecule has 122 valence electrons. The number of amides is 1. The summed E-state index contributed by atoms with van der Waals surface area (Å²) < 4.78 is 5.63. The van der Waals surface area contributed by atoms with E-state index in [1.165, 1.54) is 5.56 Å². The fraction of sp³-hybridized carbons (Fsp3) is 0.316. The van der Waals surface area contributed by atoms with Crippen LogP contribution in [0.4, 0.5) is 0 Å². The number of rotatable bonds is 6. The predicted octanol–water partition coefficient (Wildman–Crippen LogP) is 4.55. The standard InChI is InChI=1S/C19H22ClNO2/c1-4-15-5-7-16(8-6-15)13(2)21-19(22)14(3)23-18-11-9-17(20)10-12-18/h5-14H,4H2,1-3H3,(H,21,22)/t13-,14-/m1/s1. The Morgan fingerprint density at radius 1 is 1.09 bits per heavy atom. The van der Waals surface area contributed by atoms with Crippen LogP contribution < -0.4 is 10.1 Å². The lowest BCUT2D eigenvalue weighted by Crippen LogP contribution is -2.37. The van der Waals surface area contributed by atoms with Crippen LogP contribution in [-0.4, -0.2) is 12.0 Å². The Bertz CT molecular complexity index is 637. The van der Waals surface area contributed by atoms with Gasteiger partial charge in [0.15, 0.2) is 6.10 Å². The van der Waals surface area contributed by atoms with Crippen molar-refractivity contribution in [1.29, 1.82) is 0 Å². The van der Waals surface area contributed by atoms with Gasteiger partial charge in [-0.25, -0.2) is 0 Å². The number of carbonyl (C=O) groups is 1. The molecule has 23 heavy (non-hydrogen) atoms. The van der Waals surface area contributed by atoms with Gasteiger partial charge in [-0.3, -0.25) is 4.79 Å². The molecule has 1 amide bonds. The Hall–Kier alpha value is -2.00. The summed E-state index contributed by atoms with van der Waals surface area (Å²) in [7, 11) is 0. The van der Waals surface area contributed by atoms with Gasteiger partial charge in [-0.2, -0.15) is 0 Å². The third-order valence-corrected chi connectivity index (χ3v) is 3.99. The van der Waals surface area contributed by atoms with Gasteiger partial charge in [-0.15, -0.1) is 0 Å². The van der Waals surface area contributed by atoms with E-state index in [-0.39, 0.29) is 11.9 Å². The van der Waals surface area contributed by atoms with E-state index in [0.29, 0.717) is 10.8 Å². The largest absolute Gasteiger partial charge is 0.481 e. The number of carbonyl (C=O) groups excluding carboxylic acids is 1. The van der Waals surface area contributed by atoms with Crippen molar-refractivity contribution in [3.63, 3.8) is 0 Å². The van der Waals surface area contributed by atoms with Crippen LogP contribution in [0, 0.1) is 0 Å². The highest BCUT2D eigenvalue weighted by Crippen LogP contribution is 2.18. The Morgan fingerprint density at radius 3 is 2.26 bits per heavy atom. The second kappa shape index (κ2) is 8.02. The summed E-state index contributed by atoms with van der Waals surface area (Å²) in [6.07, 6.45) is 0.432. The van der Waals surface area contributed by atoms with E-state index < -0.39 is 6.10 Å². The molecule has 0 aliphatic heterocycles. The maximum atomic E-state index is 12.3. The second-order valence-corrected chi connectivity index (χ2v) is 5.98. The van der Waals surface area contributed by atoms with E-state index in [2.05, 4.69) is 36.5 Å². The smallest absolute Gasteiger partial charge is 0.261 e. The van der Waals surface area contributed by atoms with E-state index in [1.54, 1.807) is 31.2 Å². The molecule has 0 radical (unpaired) electrons. The molecule has 3 nitrogen and oxygen atoms in total. The number of aryl methyl sites for hydroxylation is 1. The lowest BCUT2D eigenvalue weighted by atomic mass is 10.0. The molecule has 0 fully saturated rings. The zero-order chi connectivity index (χ0) is 16.8. The van der Waals surface area contributed by atoms with E-state index >= 15 is 0 Å². The molecule has 2 aromatic rings. The van der Waals surface area contributed by atoms with Gasteiger partial charge in [-0.05, 0) is 55.7 Å². The molecule has 0 bridgehead atoms. The summed E-state index contributed by atoms with van der Waals surface area (Å²) >= 11 is 5.83. The number of nitrogens with one attached hydrogen (secondary N) is 1. The zero-order valence-electron chi connectivity index (χ0n) is 13.7. The van der Waals surface area contributed by atoms with Gasteiger partial charge < -0.3 is 10.1 Å². The normalized spacial score (nSPS) is 13.2. The van der Waals surface area contributed by atoms with Crippen LogP contribution in [0.3, 0.4) is 0 Å². The molecule has 1 N–H and O–H groups in total. The van der Waals surface area contributed by atoms with Crippen LogP contribution in [0.25, 0.3) is 0 Å². The highest BCUT2D eigenvalue weighted by Gasteiger charge is 2.17. The molecule has 2 atom stereocenters. The molecule has 0 spiro atoms. The molecule has 0 aliphatic carbocycles. The van der Waals surface area contributed by atoms with Crippen molar-refractivity contribution >= 4 is 17.5 Å². The molecule has 0 aliphatic rings. The lowest BCUT2D eigenvalue weighted by Gasteiger charge is -2.19. The third kappa shape index (κ3) is 5.00. The minimum atomic E-state index is -0.575. The minimum absolute atomic E-state index is 0.0651. The van der Waals surface area contributed by atoms with Crippen molar-refractivity contribution in [3.05, 3.63) is 64.7 Å². The van der Waals surface area contributed by atoms with Crippen LogP contribution in [-0.2, 0) is 11.2 Å². The van der Waals surface area contributed by atoms with Crippen LogP contribution in [0.1, 0.15) is 37.9 Å². The van der Waals surface area contributed by atoms with Gasteiger partial charge in [0.25, 0.3) is 5.91 Å². The fourth-order valence-electron chi connectivity index (χ4n) is 2.23. The van der Waals surface area contributed by atoms with Gasteiger partial charge in [0.1, 0.15) is 5.75 Å². The number of halogens is 1. The van der Waals surface area contributed by atoms with Crippen LogP contribution in [0.15, 0.2) is 48.5 Å². The van der Waals surface area contributed by atoms with E-state index in [1.807, 2.05) is 6.92 Å². The first kappa shape index (κ1) is 17.4. The van der Waals surface area contributed by atoms with E-state index in [9.17, 15) is 4.79 Å². The maximum absolute atomic E-state index is 12.3. The van der Waals surface area contributed by atoms with E-state index in [0.717, 1.165) is 12.0 Å². The van der Waals surface area contributed by atoms with Crippen molar-refractivity contribution < 1.29 is 9.53 Å². The number of hydrogen-bond donors (Lipinski definition) is 1. The summed E-state index contributed by atoms with van der Waals surface area (Å²) in [4.78, 5) is 12.3. The van der Waals surface area contributed by atoms with Crippen molar-refractivity contribution in [2.75, 3.05) is 0 Å². The first-order valence-corrected chi connectivity index (χ1v) is 8.19. The summed E-state index contributed by atoms with van der Waals surface area (Å²) in [6.45, 7) is 5.82. The van der Waals surface area contributed by atoms with Crippen molar-refractivity contribution in [1.82, 2.24) is 5.32 Å². The quantitative estimate of drug-likeness (QED) is 0.843. The first-order valence-electron chi connectivity index (χ1n) is 7.81. The lowest BCUT2D eigenvalue weighted by molar-refractivity contribution is -0.127. The Balaban J connectivity index is 1.92. The molecular formula is C19H22ClNO2. The second-order valence-electron chi connectivity index (χ2n) is 5.54. The summed E-state index contributed by atoms with van der Waals surface area (Å²) in [5.74, 6) is 0.476. The third-order valence-electron chi connectivity index (χ3n) is 3.74. The molecule has 2 rings (SSSR count). The molecule has 4 heteroatoms. The maximum Gasteiger partial charge on any atom is 0.261 e. The van der Waals surface area contributed by atoms with Crippen molar-refractivity contribution in [2.24, 2.45) is 0 Å². The number of benzene rings is 2. The summed E-state index contributed by atoms with van der Waals surface area (Å²) in [6, 6.07) is 15.2. The summed E-state index contributed by atoms with van der Waals surface area (Å²) in [5.41, 5.74) is 2.36. The van der Waals surface area contributed by atoms with Crippen LogP contribution >= 0.6 is 11.6 Å². The Morgan fingerprint density at radius 2 is 1.70 bits per heavy atom. The minimum Gasteiger partial charge on any atom is -0.481 e. The van der Waals surface area contributed by atoms with Crippen LogP contribution in [0.5, 0.6) is 5.75 Å². The van der Waals surface area contributed by atoms with Gasteiger partial charge in [-0.1, -0.05) is 42.8 Å². The summed E-state index contributed by atoms with van der Waals surface area (Å²) in [5, 5.41) is 3.61. The molecule has 0 heterocycles. The molecule has 0 saturated heterocycles. The predicted molar refractivity (Wildman–Crippen MR) is 93.9 cm³/mol. The topological polar surface area (TPSA) is 38.3 Å². The molecule has 0 unspecified atom stereocenters. The average molecular weight is 332 g/mol. The number of hydrogen-bond acceptors (Lipinski definition) is 2. The van der Waals surface area contributed by atoms with Crippen molar-refractivity contribution in [2.45, 2.75) is 39.3 Å². The average Bonchev–Trinajstić information content (AvgIpc) is 2.56. The molecule has 0 aromatic heterocycles. The van der Waals surface area contributed by atoms with Crippen molar-refractivity contribution in [3.8, 4) is 5.75 Å². The monoisotopic (exact) mass is 331 g/mol. The fourth-order valence-corrected chi connectivity index (χ4v) is 2.35. The molecule has 2 aromatic carbocycles. The Kier molecular flexibility index (Phi) is 6.05. The van der Waals surface area contributed by atoms with Gasteiger partial charge >= 0.3 is 0 Å². The first-order chi connectivity index (χ1) is 11.0. The SMILES string of the molecule is CCc1ccc([C@@H](C)NC(=O)[C@@H](C)Oc2ccc(Cl)cc2)cc1. The molecular weight excluding hydrogens is 310 g/mol. The molecule has 0 saturated carbocycles. The van der Waals surface area contributed by atoms with Gasteiger partial charge in [0.2, 0.25) is 0 Å². The number of ether oxygens (including phenoxy) is 1. The van der Waals surface area contributed by atoms with E-state index in [4.69, 9.17) is 16.3 Å². The van der Waals surface area contributed by atoms with Gasteiger partial charge in [0.05, 0.1) is 6.04 Å². The van der Waals surface area contributed by atoms with Gasteiger partial charge in [0, 0.05) is 5.02 Å². The van der Waals surface area contributed by atoms with Crippen LogP contribution in [0.2, 0.25) is 5.02 Å². The Labute approximate surface area is 142 Å². The highest BCUT2D eigenvalue weighted by atomic mass is 35.5.